The van der Waals surface area contributed by atoms with E-state index in [4.69, 9.17) is 18.9 Å². The van der Waals surface area contributed by atoms with E-state index in [2.05, 4.69) is 4.99 Å². The van der Waals surface area contributed by atoms with Crippen LogP contribution in [-0.4, -0.2) is 38.0 Å². The molecule has 8 nitrogen and oxygen atoms in total. The van der Waals surface area contributed by atoms with Gasteiger partial charge in [0.05, 0.1) is 43.2 Å². The van der Waals surface area contributed by atoms with Gasteiger partial charge in [-0.2, -0.15) is 0 Å². The maximum atomic E-state index is 13.9. The molecular weight excluding hydrogens is 492 g/mol. The fraction of sp³-hybridized carbons (Fsp3) is 0.321. The number of hydrogen-bond donors (Lipinski definition) is 0. The number of ether oxygens (including phenoxy) is 4. The summed E-state index contributed by atoms with van der Waals surface area (Å²) in [6.45, 7) is 6.14. The predicted molar refractivity (Wildman–Crippen MR) is 142 cm³/mol. The summed E-state index contributed by atoms with van der Waals surface area (Å²) in [5.74, 6) is 1.16. The van der Waals surface area contributed by atoms with Crippen LogP contribution in [0, 0.1) is 0 Å². The zero-order valence-corrected chi connectivity index (χ0v) is 22.4. The molecule has 0 aliphatic carbocycles. The second-order valence-electron chi connectivity index (χ2n) is 8.31. The highest BCUT2D eigenvalue weighted by Crippen LogP contribution is 2.40. The average Bonchev–Trinajstić information content (AvgIpc) is 3.20. The third kappa shape index (κ3) is 5.17. The van der Waals surface area contributed by atoms with Gasteiger partial charge in [0.15, 0.2) is 16.3 Å². The lowest BCUT2D eigenvalue weighted by Crippen LogP contribution is -2.40. The van der Waals surface area contributed by atoms with E-state index in [-0.39, 0.29) is 17.7 Å². The molecule has 37 heavy (non-hydrogen) atoms. The molecular formula is C28H30N2O6S. The van der Waals surface area contributed by atoms with Crippen molar-refractivity contribution in [1.29, 1.82) is 0 Å². The molecule has 4 rings (SSSR count). The van der Waals surface area contributed by atoms with Gasteiger partial charge in [-0.1, -0.05) is 42.5 Å². The Morgan fingerprint density at radius 1 is 1.14 bits per heavy atom. The van der Waals surface area contributed by atoms with Crippen molar-refractivity contribution in [3.8, 4) is 17.2 Å². The summed E-state index contributed by atoms with van der Waals surface area (Å²) in [5, 5.41) is 0. The molecule has 0 radical (unpaired) electrons. The molecule has 0 fully saturated rings. The highest BCUT2D eigenvalue weighted by molar-refractivity contribution is 7.07. The molecule has 194 valence electrons. The minimum absolute atomic E-state index is 0.194. The number of nitrogens with zero attached hydrogens (tertiary/aromatic N) is 2. The quantitative estimate of drug-likeness (QED) is 0.399. The van der Waals surface area contributed by atoms with Gasteiger partial charge in [0.1, 0.15) is 11.8 Å². The van der Waals surface area contributed by atoms with E-state index in [9.17, 15) is 9.59 Å². The molecule has 1 unspecified atom stereocenters. The van der Waals surface area contributed by atoms with Crippen molar-refractivity contribution in [2.75, 3.05) is 27.4 Å². The summed E-state index contributed by atoms with van der Waals surface area (Å²) in [6.07, 6.45) is 2.58. The number of hydrogen-bond acceptors (Lipinski definition) is 8. The number of rotatable bonds is 9. The number of esters is 1. The molecule has 0 N–H and O–H groups in total. The zero-order chi connectivity index (χ0) is 26.5. The summed E-state index contributed by atoms with van der Waals surface area (Å²) >= 11 is 1.26. The first-order valence-corrected chi connectivity index (χ1v) is 12.9. The number of fused-ring (bicyclic) bond motifs is 1. The SMILES string of the molecule is CCCOc1c(OC)cccc1C1C(C(=O)OCC)=C(C)N=c2sc(=Cc3cccc(OC)c3)c(=O)n21. The van der Waals surface area contributed by atoms with Crippen molar-refractivity contribution < 1.29 is 23.7 Å². The zero-order valence-electron chi connectivity index (χ0n) is 21.6. The average molecular weight is 523 g/mol. The van der Waals surface area contributed by atoms with Crippen molar-refractivity contribution in [3.63, 3.8) is 0 Å². The van der Waals surface area contributed by atoms with Gasteiger partial charge in [0.25, 0.3) is 5.56 Å². The van der Waals surface area contributed by atoms with Crippen LogP contribution >= 0.6 is 11.3 Å². The van der Waals surface area contributed by atoms with E-state index in [1.54, 1.807) is 44.8 Å². The van der Waals surface area contributed by atoms with E-state index in [1.165, 1.54) is 11.3 Å². The second-order valence-corrected chi connectivity index (χ2v) is 9.32. The molecule has 2 heterocycles. The topological polar surface area (TPSA) is 88.4 Å². The normalized spacial score (nSPS) is 15.2. The molecule has 1 aliphatic rings. The van der Waals surface area contributed by atoms with Crippen molar-refractivity contribution in [2.24, 2.45) is 4.99 Å². The van der Waals surface area contributed by atoms with Gasteiger partial charge in [-0.3, -0.25) is 9.36 Å². The Labute approximate surface area is 219 Å². The number of methoxy groups -OCH3 is 2. The molecule has 9 heteroatoms. The highest BCUT2D eigenvalue weighted by Gasteiger charge is 2.36. The maximum absolute atomic E-state index is 13.9. The molecule has 1 aliphatic heterocycles. The first kappa shape index (κ1) is 26.2. The number of aromatic nitrogens is 1. The van der Waals surface area contributed by atoms with E-state index in [1.807, 2.05) is 43.3 Å². The third-order valence-corrected chi connectivity index (χ3v) is 6.87. The number of carbonyl (C=O) groups excluding carboxylic acids is 1. The van der Waals surface area contributed by atoms with Gasteiger partial charge in [-0.15, -0.1) is 0 Å². The molecule has 3 aromatic rings. The van der Waals surface area contributed by atoms with E-state index in [0.29, 0.717) is 44.4 Å². The fourth-order valence-corrected chi connectivity index (χ4v) is 5.28. The van der Waals surface area contributed by atoms with Crippen molar-refractivity contribution in [3.05, 3.63) is 84.5 Å². The van der Waals surface area contributed by atoms with E-state index >= 15 is 0 Å². The number of allylic oxidation sites excluding steroid dienone is 1. The van der Waals surface area contributed by atoms with E-state index < -0.39 is 12.0 Å². The minimum atomic E-state index is -0.801. The van der Waals surface area contributed by atoms with Crippen molar-refractivity contribution in [1.82, 2.24) is 4.57 Å². The largest absolute Gasteiger partial charge is 0.497 e. The van der Waals surface area contributed by atoms with Gasteiger partial charge in [-0.05, 0) is 50.1 Å². The van der Waals surface area contributed by atoms with E-state index in [0.717, 1.165) is 12.0 Å². The first-order chi connectivity index (χ1) is 17.9. The number of thiazole rings is 1. The molecule has 0 amide bonds. The van der Waals surface area contributed by atoms with Crippen LogP contribution in [0.4, 0.5) is 0 Å². The van der Waals surface area contributed by atoms with Crippen LogP contribution in [0.3, 0.4) is 0 Å². The second kappa shape index (κ2) is 11.5. The maximum Gasteiger partial charge on any atom is 0.338 e. The van der Waals surface area contributed by atoms with Gasteiger partial charge < -0.3 is 18.9 Å². The Hall–Kier alpha value is -3.85. The summed E-state index contributed by atoms with van der Waals surface area (Å²) in [5.41, 5.74) is 1.95. The summed E-state index contributed by atoms with van der Waals surface area (Å²) in [6, 6.07) is 12.1. The van der Waals surface area contributed by atoms with Crippen LogP contribution in [0.15, 0.2) is 63.5 Å². The lowest BCUT2D eigenvalue weighted by Gasteiger charge is -2.27. The minimum Gasteiger partial charge on any atom is -0.497 e. The smallest absolute Gasteiger partial charge is 0.338 e. The summed E-state index contributed by atoms with van der Waals surface area (Å²) in [4.78, 5) is 32.2. The fourth-order valence-electron chi connectivity index (χ4n) is 4.24. The Morgan fingerprint density at radius 3 is 2.62 bits per heavy atom. The van der Waals surface area contributed by atoms with Gasteiger partial charge in [0.2, 0.25) is 0 Å². The molecule has 2 aromatic carbocycles. The van der Waals surface area contributed by atoms with Crippen LogP contribution in [0.2, 0.25) is 0 Å². The third-order valence-electron chi connectivity index (χ3n) is 5.88. The van der Waals surface area contributed by atoms with Crippen LogP contribution in [0.5, 0.6) is 17.2 Å². The molecule has 0 saturated heterocycles. The molecule has 0 spiro atoms. The Kier molecular flexibility index (Phi) is 8.13. The van der Waals surface area contributed by atoms with Crippen LogP contribution in [-0.2, 0) is 9.53 Å². The van der Waals surface area contributed by atoms with Crippen molar-refractivity contribution >= 4 is 23.4 Å². The molecule has 0 saturated carbocycles. The van der Waals surface area contributed by atoms with Gasteiger partial charge in [0, 0.05) is 5.56 Å². The van der Waals surface area contributed by atoms with Gasteiger partial charge >= 0.3 is 5.97 Å². The molecule has 1 atom stereocenters. The monoisotopic (exact) mass is 522 g/mol. The van der Waals surface area contributed by atoms with Crippen LogP contribution < -0.4 is 29.1 Å². The Bertz CT molecular complexity index is 1520. The lowest BCUT2D eigenvalue weighted by molar-refractivity contribution is -0.139. The molecule has 1 aromatic heterocycles. The standard InChI is InChI=1S/C28H30N2O6S/c1-6-14-36-25-20(12-9-13-21(25)34-5)24-23(27(32)35-7-2)17(3)29-28-30(24)26(31)22(37-28)16-18-10-8-11-19(15-18)33-4/h8-13,15-16,24H,6-7,14H2,1-5H3. The molecule has 0 bridgehead atoms. The predicted octanol–water partition coefficient (Wildman–Crippen LogP) is 3.60. The Balaban J connectivity index is 2.00. The highest BCUT2D eigenvalue weighted by atomic mass is 32.1. The van der Waals surface area contributed by atoms with Crippen LogP contribution in [0.1, 0.15) is 44.4 Å². The first-order valence-electron chi connectivity index (χ1n) is 12.1. The Morgan fingerprint density at radius 2 is 1.92 bits per heavy atom. The summed E-state index contributed by atoms with van der Waals surface area (Å²) < 4.78 is 24.4. The summed E-state index contributed by atoms with van der Waals surface area (Å²) in [7, 11) is 3.16. The number of para-hydroxylation sites is 1. The van der Waals surface area contributed by atoms with Crippen molar-refractivity contribution in [2.45, 2.75) is 33.2 Å². The number of benzene rings is 2. The van der Waals surface area contributed by atoms with Gasteiger partial charge in [-0.25, -0.2) is 9.79 Å². The lowest BCUT2D eigenvalue weighted by atomic mass is 9.94. The van der Waals surface area contributed by atoms with Crippen LogP contribution in [0.25, 0.3) is 6.08 Å². The number of carbonyl (C=O) groups is 1.